The van der Waals surface area contributed by atoms with Crippen LogP contribution in [-0.4, -0.2) is 48.8 Å². The Bertz CT molecular complexity index is 1130. The van der Waals surface area contributed by atoms with Crippen molar-refractivity contribution in [3.05, 3.63) is 58.6 Å². The fourth-order valence-corrected chi connectivity index (χ4v) is 6.66. The van der Waals surface area contributed by atoms with Gasteiger partial charge in [0, 0.05) is 16.4 Å². The fraction of sp³-hybridized carbons (Fsp3) is 0.333. The van der Waals surface area contributed by atoms with E-state index in [2.05, 4.69) is 10.3 Å². The van der Waals surface area contributed by atoms with Gasteiger partial charge in [-0.2, -0.15) is 0 Å². The predicted molar refractivity (Wildman–Crippen MR) is 125 cm³/mol. The largest absolute Gasteiger partial charge is 0.325 e. The lowest BCUT2D eigenvalue weighted by atomic mass is 10.1. The molecular weight excluding hydrogens is 442 g/mol. The number of nitrogens with zero attached hydrogens (tertiary/aromatic N) is 2. The zero-order chi connectivity index (χ0) is 21.5. The third-order valence-electron chi connectivity index (χ3n) is 5.32. The molecule has 1 amide bonds. The number of nitrogens with one attached hydrogen (secondary N) is 1. The number of anilines is 2. The molecule has 1 fully saturated rings. The molecular formula is C21H22ClN3O3S2. The molecule has 0 radical (unpaired) electrons. The highest BCUT2D eigenvalue weighted by Gasteiger charge is 2.47. The number of amides is 1. The molecule has 9 heteroatoms. The van der Waals surface area contributed by atoms with Gasteiger partial charge >= 0.3 is 0 Å². The molecule has 0 bridgehead atoms. The lowest BCUT2D eigenvalue weighted by Gasteiger charge is -2.27. The van der Waals surface area contributed by atoms with Crippen molar-refractivity contribution in [2.75, 3.05) is 27.5 Å². The van der Waals surface area contributed by atoms with Gasteiger partial charge in [0.25, 0.3) is 0 Å². The molecule has 158 valence electrons. The van der Waals surface area contributed by atoms with E-state index in [0.717, 1.165) is 11.3 Å². The summed E-state index contributed by atoms with van der Waals surface area (Å²) >= 11 is 7.29. The molecule has 2 heterocycles. The number of aliphatic imine (C=N–C) groups is 1. The monoisotopic (exact) mass is 463 g/mol. The van der Waals surface area contributed by atoms with Crippen molar-refractivity contribution in [1.82, 2.24) is 0 Å². The number of amidine groups is 1. The van der Waals surface area contributed by atoms with Crippen molar-refractivity contribution >= 4 is 55.6 Å². The summed E-state index contributed by atoms with van der Waals surface area (Å²) in [5.41, 5.74) is 3.83. The summed E-state index contributed by atoms with van der Waals surface area (Å²) in [6, 6.07) is 12.5. The maximum absolute atomic E-state index is 12.4. The third kappa shape index (κ3) is 4.50. The number of halogens is 1. The summed E-state index contributed by atoms with van der Waals surface area (Å²) in [7, 11) is -3.11. The van der Waals surface area contributed by atoms with E-state index in [9.17, 15) is 13.2 Å². The Morgan fingerprint density at radius 1 is 1.20 bits per heavy atom. The predicted octanol–water partition coefficient (Wildman–Crippen LogP) is 3.67. The topological polar surface area (TPSA) is 78.8 Å². The van der Waals surface area contributed by atoms with Crippen molar-refractivity contribution < 1.29 is 13.2 Å². The van der Waals surface area contributed by atoms with Gasteiger partial charge in [-0.3, -0.25) is 9.79 Å². The third-order valence-corrected chi connectivity index (χ3v) is 8.22. The first-order valence-electron chi connectivity index (χ1n) is 9.55. The van der Waals surface area contributed by atoms with Crippen LogP contribution in [0.3, 0.4) is 0 Å². The molecule has 1 N–H and O–H groups in total. The van der Waals surface area contributed by atoms with Crippen LogP contribution in [0, 0.1) is 13.8 Å². The second-order valence-corrected chi connectivity index (χ2v) is 11.1. The van der Waals surface area contributed by atoms with Crippen LogP contribution >= 0.6 is 23.4 Å². The van der Waals surface area contributed by atoms with Crippen LogP contribution in [0.1, 0.15) is 11.1 Å². The highest BCUT2D eigenvalue weighted by Crippen LogP contribution is 2.35. The quantitative estimate of drug-likeness (QED) is 0.748. The standard InChI is InChI=1S/C21H22ClN3O3S2/c1-13-6-7-17(8-14(13)2)25-19-12-30(27,28)11-18(19)24-21(25)29-10-20(26)23-16-5-3-4-15(22)9-16/h3-9,18-19H,10-12H2,1-2H3,(H,23,26)/t18-,19+/m0/s1. The van der Waals surface area contributed by atoms with Crippen molar-refractivity contribution in [3.8, 4) is 0 Å². The molecule has 2 atom stereocenters. The maximum atomic E-state index is 12.4. The van der Waals surface area contributed by atoms with E-state index in [1.54, 1.807) is 24.3 Å². The molecule has 2 aromatic rings. The Labute approximate surface area is 185 Å². The molecule has 0 aliphatic carbocycles. The number of benzene rings is 2. The maximum Gasteiger partial charge on any atom is 0.234 e. The van der Waals surface area contributed by atoms with Gasteiger partial charge in [-0.15, -0.1) is 0 Å². The molecule has 0 spiro atoms. The number of hydrogen-bond donors (Lipinski definition) is 1. The van der Waals surface area contributed by atoms with Crippen molar-refractivity contribution in [1.29, 1.82) is 0 Å². The normalized spacial score (nSPS) is 22.0. The van der Waals surface area contributed by atoms with Crippen LogP contribution in [-0.2, 0) is 14.6 Å². The van der Waals surface area contributed by atoms with E-state index in [1.807, 2.05) is 36.9 Å². The van der Waals surface area contributed by atoms with Gasteiger partial charge in [-0.25, -0.2) is 8.42 Å². The average Bonchev–Trinajstić information content (AvgIpc) is 3.13. The molecule has 2 aliphatic heterocycles. The highest BCUT2D eigenvalue weighted by atomic mass is 35.5. The van der Waals surface area contributed by atoms with E-state index in [4.69, 9.17) is 11.6 Å². The van der Waals surface area contributed by atoms with Gasteiger partial charge < -0.3 is 10.2 Å². The van der Waals surface area contributed by atoms with Gasteiger partial charge in [-0.1, -0.05) is 35.5 Å². The van der Waals surface area contributed by atoms with E-state index in [0.29, 0.717) is 15.9 Å². The van der Waals surface area contributed by atoms with Gasteiger partial charge in [0.1, 0.15) is 0 Å². The summed E-state index contributed by atoms with van der Waals surface area (Å²) in [5, 5.41) is 4.06. The van der Waals surface area contributed by atoms with Gasteiger partial charge in [0.2, 0.25) is 5.91 Å². The van der Waals surface area contributed by atoms with Gasteiger partial charge in [0.05, 0.1) is 29.3 Å². The van der Waals surface area contributed by atoms with Crippen molar-refractivity contribution in [3.63, 3.8) is 0 Å². The number of thioether (sulfide) groups is 1. The summed E-state index contributed by atoms with van der Waals surface area (Å²) in [5.74, 6) is 0.124. The molecule has 6 nitrogen and oxygen atoms in total. The Hall–Kier alpha value is -2.03. The number of rotatable bonds is 4. The van der Waals surface area contributed by atoms with Gasteiger partial charge in [0.15, 0.2) is 15.0 Å². The number of carbonyl (C=O) groups excluding carboxylic acids is 1. The Morgan fingerprint density at radius 2 is 2.00 bits per heavy atom. The van der Waals surface area contributed by atoms with Crippen LogP contribution in [0.15, 0.2) is 47.5 Å². The van der Waals surface area contributed by atoms with Crippen LogP contribution in [0.4, 0.5) is 11.4 Å². The average molecular weight is 464 g/mol. The molecule has 1 saturated heterocycles. The van der Waals surface area contributed by atoms with Crippen molar-refractivity contribution in [2.45, 2.75) is 25.9 Å². The number of carbonyl (C=O) groups is 1. The molecule has 0 aromatic heterocycles. The lowest BCUT2D eigenvalue weighted by molar-refractivity contribution is -0.113. The van der Waals surface area contributed by atoms with Crippen LogP contribution in [0.2, 0.25) is 5.02 Å². The minimum absolute atomic E-state index is 0.0534. The van der Waals surface area contributed by atoms with Crippen LogP contribution in [0.25, 0.3) is 0 Å². The summed E-state index contributed by atoms with van der Waals surface area (Å²) < 4.78 is 24.3. The number of fused-ring (bicyclic) bond motifs is 1. The molecule has 30 heavy (non-hydrogen) atoms. The van der Waals surface area contributed by atoms with Gasteiger partial charge in [-0.05, 0) is 55.3 Å². The van der Waals surface area contributed by atoms with E-state index >= 15 is 0 Å². The molecule has 0 unspecified atom stereocenters. The highest BCUT2D eigenvalue weighted by molar-refractivity contribution is 8.14. The van der Waals surface area contributed by atoms with Crippen LogP contribution < -0.4 is 10.2 Å². The number of aryl methyl sites for hydroxylation is 2. The second-order valence-electron chi connectivity index (χ2n) is 7.61. The minimum Gasteiger partial charge on any atom is -0.325 e. The first-order chi connectivity index (χ1) is 14.2. The SMILES string of the molecule is Cc1ccc(N2C(SCC(=O)Nc3cccc(Cl)c3)=N[C@H]3CS(=O)(=O)C[C@H]32)cc1C. The number of hydrogen-bond acceptors (Lipinski definition) is 6. The number of sulfone groups is 1. The van der Waals surface area contributed by atoms with Crippen molar-refractivity contribution in [2.24, 2.45) is 4.99 Å². The van der Waals surface area contributed by atoms with E-state index in [1.165, 1.54) is 17.3 Å². The fourth-order valence-electron chi connectivity index (χ4n) is 3.70. The minimum atomic E-state index is -3.11. The zero-order valence-corrected chi connectivity index (χ0v) is 19.0. The zero-order valence-electron chi connectivity index (χ0n) is 16.6. The molecule has 4 rings (SSSR count). The summed E-state index contributed by atoms with van der Waals surface area (Å²) in [6.45, 7) is 4.07. The summed E-state index contributed by atoms with van der Waals surface area (Å²) in [4.78, 5) is 19.1. The molecule has 2 aromatic carbocycles. The molecule has 0 saturated carbocycles. The van der Waals surface area contributed by atoms with E-state index in [-0.39, 0.29) is 35.2 Å². The smallest absolute Gasteiger partial charge is 0.234 e. The Balaban J connectivity index is 1.52. The van der Waals surface area contributed by atoms with Crippen LogP contribution in [0.5, 0.6) is 0 Å². The lowest BCUT2D eigenvalue weighted by Crippen LogP contribution is -2.39. The Morgan fingerprint density at radius 3 is 2.73 bits per heavy atom. The molecule has 2 aliphatic rings. The van der Waals surface area contributed by atoms with E-state index < -0.39 is 9.84 Å². The Kier molecular flexibility index (Phi) is 5.83. The second kappa shape index (κ2) is 8.24. The first-order valence-corrected chi connectivity index (χ1v) is 12.7. The first kappa shape index (κ1) is 21.2. The summed E-state index contributed by atoms with van der Waals surface area (Å²) in [6.07, 6.45) is 0.